The largest absolute Gasteiger partial charge is 0.457 e. The second-order valence-electron chi connectivity index (χ2n) is 6.63. The molecule has 0 saturated heterocycles. The molecule has 0 bridgehead atoms. The molecule has 2 aromatic rings. The van der Waals surface area contributed by atoms with E-state index in [1.165, 1.54) is 25.1 Å². The van der Waals surface area contributed by atoms with E-state index in [1.54, 1.807) is 18.2 Å². The van der Waals surface area contributed by atoms with Crippen molar-refractivity contribution in [1.82, 2.24) is 4.90 Å². The van der Waals surface area contributed by atoms with Crippen LogP contribution < -0.4 is 0 Å². The predicted octanol–water partition coefficient (Wildman–Crippen LogP) is 3.48. The van der Waals surface area contributed by atoms with E-state index in [1.807, 2.05) is 6.07 Å². The first kappa shape index (κ1) is 22.0. The number of nitriles is 1. The highest BCUT2D eigenvalue weighted by molar-refractivity contribution is 6.32. The third-order valence-corrected chi connectivity index (χ3v) is 5.03. The van der Waals surface area contributed by atoms with Crippen LogP contribution in [-0.4, -0.2) is 39.9 Å². The van der Waals surface area contributed by atoms with Crippen molar-refractivity contribution in [2.75, 3.05) is 13.2 Å². The highest BCUT2D eigenvalue weighted by atomic mass is 35.5. The molecule has 2 heterocycles. The van der Waals surface area contributed by atoms with Crippen LogP contribution in [0.5, 0.6) is 0 Å². The van der Waals surface area contributed by atoms with Gasteiger partial charge in [-0.1, -0.05) is 11.6 Å². The Bertz CT molecular complexity index is 1190. The van der Waals surface area contributed by atoms with E-state index in [0.717, 1.165) is 4.90 Å². The van der Waals surface area contributed by atoms with Crippen LogP contribution in [0.3, 0.4) is 0 Å². The van der Waals surface area contributed by atoms with Gasteiger partial charge >= 0.3 is 0 Å². The lowest BCUT2D eigenvalue weighted by Crippen LogP contribution is -2.43. The molecule has 158 valence electrons. The van der Waals surface area contributed by atoms with Crippen LogP contribution in [0.1, 0.15) is 19.1 Å². The van der Waals surface area contributed by atoms with Gasteiger partial charge in [-0.15, -0.1) is 0 Å². The summed E-state index contributed by atoms with van der Waals surface area (Å²) in [5.41, 5.74) is 0.313. The van der Waals surface area contributed by atoms with E-state index in [-0.39, 0.29) is 52.8 Å². The van der Waals surface area contributed by atoms with Gasteiger partial charge in [0.25, 0.3) is 17.5 Å². The average Bonchev–Trinajstić information content (AvgIpc) is 3.20. The van der Waals surface area contributed by atoms with Gasteiger partial charge in [0.1, 0.15) is 28.2 Å². The second-order valence-corrected chi connectivity index (χ2v) is 7.04. The highest BCUT2D eigenvalue weighted by Gasteiger charge is 2.35. The lowest BCUT2D eigenvalue weighted by atomic mass is 9.94. The molecule has 0 radical (unpaired) electrons. The Balaban J connectivity index is 2.01. The Morgan fingerprint density at radius 1 is 1.29 bits per heavy atom. The van der Waals surface area contributed by atoms with Crippen LogP contribution in [0.4, 0.5) is 5.69 Å². The number of rotatable bonds is 6. The van der Waals surface area contributed by atoms with Crippen molar-refractivity contribution in [2.45, 2.75) is 13.3 Å². The average molecular weight is 442 g/mol. The molecule has 1 aliphatic rings. The number of imide groups is 1. The maximum Gasteiger partial charge on any atom is 0.288 e. The maximum atomic E-state index is 12.8. The molecule has 31 heavy (non-hydrogen) atoms. The summed E-state index contributed by atoms with van der Waals surface area (Å²) in [7, 11) is 0. The molecule has 0 aliphatic carbocycles. The smallest absolute Gasteiger partial charge is 0.288 e. The van der Waals surface area contributed by atoms with Crippen molar-refractivity contribution in [3.63, 3.8) is 0 Å². The standard InChI is InChI=1S/C21H16ClN3O6/c1-12-15(20(27)24(7-2-8-26)21(28)16(12)11-23)10-14-4-6-19(31-14)13-3-5-17(22)18(9-13)25(29)30/h3-6,9-10,26H,2,7-8H2,1H3/b15-10-. The molecule has 10 heteroatoms. The number of halogens is 1. The summed E-state index contributed by atoms with van der Waals surface area (Å²) in [5.74, 6) is -0.742. The van der Waals surface area contributed by atoms with Gasteiger partial charge in [0.05, 0.1) is 4.92 Å². The first-order chi connectivity index (χ1) is 14.8. The zero-order chi connectivity index (χ0) is 22.7. The van der Waals surface area contributed by atoms with E-state index in [4.69, 9.17) is 21.1 Å². The molecule has 0 spiro atoms. The molecule has 1 N–H and O–H groups in total. The van der Waals surface area contributed by atoms with E-state index in [0.29, 0.717) is 11.3 Å². The fraction of sp³-hybridized carbons (Fsp3) is 0.190. The molecule has 0 saturated carbocycles. The van der Waals surface area contributed by atoms with Crippen LogP contribution in [0, 0.1) is 21.4 Å². The lowest BCUT2D eigenvalue weighted by molar-refractivity contribution is -0.384. The Kier molecular flexibility index (Phi) is 6.34. The van der Waals surface area contributed by atoms with Gasteiger partial charge in [-0.2, -0.15) is 5.26 Å². The molecule has 0 fully saturated rings. The maximum absolute atomic E-state index is 12.8. The second kappa shape index (κ2) is 8.95. The summed E-state index contributed by atoms with van der Waals surface area (Å²) in [6, 6.07) is 9.18. The van der Waals surface area contributed by atoms with Gasteiger partial charge in [0.15, 0.2) is 0 Å². The van der Waals surface area contributed by atoms with Gasteiger partial charge in [0.2, 0.25) is 0 Å². The Labute approximate surface area is 181 Å². The first-order valence-electron chi connectivity index (χ1n) is 9.12. The fourth-order valence-electron chi connectivity index (χ4n) is 3.10. The number of hydrogen-bond acceptors (Lipinski definition) is 7. The summed E-state index contributed by atoms with van der Waals surface area (Å²) >= 11 is 5.84. The Hall–Kier alpha value is -3.74. The van der Waals surface area contributed by atoms with Crippen molar-refractivity contribution in [2.24, 2.45) is 0 Å². The van der Waals surface area contributed by atoms with E-state index in [9.17, 15) is 25.0 Å². The Morgan fingerprint density at radius 3 is 2.68 bits per heavy atom. The molecular weight excluding hydrogens is 426 g/mol. The van der Waals surface area contributed by atoms with Gasteiger partial charge < -0.3 is 9.52 Å². The monoisotopic (exact) mass is 441 g/mol. The number of hydrogen-bond donors (Lipinski definition) is 1. The van der Waals surface area contributed by atoms with Gasteiger partial charge in [0, 0.05) is 30.4 Å². The molecule has 0 unspecified atom stereocenters. The fourth-order valence-corrected chi connectivity index (χ4v) is 3.28. The number of nitro benzene ring substituents is 1. The third-order valence-electron chi connectivity index (χ3n) is 4.71. The van der Waals surface area contributed by atoms with Crippen molar-refractivity contribution >= 4 is 35.2 Å². The van der Waals surface area contributed by atoms with E-state index >= 15 is 0 Å². The first-order valence-corrected chi connectivity index (χ1v) is 9.50. The quantitative estimate of drug-likeness (QED) is 0.313. The molecule has 3 rings (SSSR count). The van der Waals surface area contributed by atoms with Crippen molar-refractivity contribution in [3.8, 4) is 17.4 Å². The van der Waals surface area contributed by atoms with Crippen LogP contribution in [0.2, 0.25) is 5.02 Å². The summed E-state index contributed by atoms with van der Waals surface area (Å²) in [4.78, 5) is 36.7. The zero-order valence-corrected chi connectivity index (χ0v) is 17.0. The van der Waals surface area contributed by atoms with Gasteiger partial charge in [-0.05, 0) is 49.3 Å². The van der Waals surface area contributed by atoms with E-state index < -0.39 is 16.7 Å². The van der Waals surface area contributed by atoms with Crippen LogP contribution in [0.25, 0.3) is 17.4 Å². The van der Waals surface area contributed by atoms with Gasteiger partial charge in [-0.25, -0.2) is 0 Å². The van der Waals surface area contributed by atoms with Crippen molar-refractivity contribution in [3.05, 3.63) is 67.9 Å². The minimum absolute atomic E-state index is 0.00659. The number of aliphatic hydroxyl groups excluding tert-OH is 1. The molecule has 1 aromatic carbocycles. The molecule has 2 amide bonds. The minimum Gasteiger partial charge on any atom is -0.457 e. The van der Waals surface area contributed by atoms with Crippen LogP contribution in [-0.2, 0) is 9.59 Å². The SMILES string of the molecule is CC1=C(C#N)C(=O)N(CCCO)C(=O)/C1=C\c1ccc(-c2ccc(Cl)c([N+](=O)[O-])c2)o1. The number of nitro groups is 1. The topological polar surface area (TPSA) is 138 Å². The number of aliphatic hydroxyl groups is 1. The number of carbonyl (C=O) groups excluding carboxylic acids is 2. The molecular formula is C21H16ClN3O6. The van der Waals surface area contributed by atoms with Crippen molar-refractivity contribution < 1.29 is 24.0 Å². The molecule has 1 aromatic heterocycles. The lowest BCUT2D eigenvalue weighted by Gasteiger charge is -2.27. The minimum atomic E-state index is -0.704. The number of amides is 2. The highest BCUT2D eigenvalue weighted by Crippen LogP contribution is 2.33. The van der Waals surface area contributed by atoms with E-state index in [2.05, 4.69) is 0 Å². The van der Waals surface area contributed by atoms with Crippen LogP contribution in [0.15, 0.2) is 51.5 Å². The number of nitrogens with zero attached hydrogens (tertiary/aromatic N) is 3. The molecule has 0 atom stereocenters. The normalized spacial score (nSPS) is 15.5. The number of carbonyl (C=O) groups is 2. The van der Waals surface area contributed by atoms with Crippen LogP contribution >= 0.6 is 11.6 Å². The Morgan fingerprint density at radius 2 is 2.03 bits per heavy atom. The summed E-state index contributed by atoms with van der Waals surface area (Å²) in [6.45, 7) is 1.26. The summed E-state index contributed by atoms with van der Waals surface area (Å²) in [6.07, 6.45) is 1.59. The summed E-state index contributed by atoms with van der Waals surface area (Å²) in [5, 5.41) is 29.5. The zero-order valence-electron chi connectivity index (χ0n) is 16.3. The number of benzene rings is 1. The molecule has 1 aliphatic heterocycles. The van der Waals surface area contributed by atoms with Gasteiger partial charge in [-0.3, -0.25) is 24.6 Å². The third kappa shape index (κ3) is 4.26. The molecule has 9 nitrogen and oxygen atoms in total. The summed E-state index contributed by atoms with van der Waals surface area (Å²) < 4.78 is 5.71. The predicted molar refractivity (Wildman–Crippen MR) is 111 cm³/mol. The number of furan rings is 1. The van der Waals surface area contributed by atoms with Crippen molar-refractivity contribution in [1.29, 1.82) is 5.26 Å².